The first-order valence-corrected chi connectivity index (χ1v) is 9.58. The topological polar surface area (TPSA) is 88.4 Å². The van der Waals surface area contributed by atoms with E-state index in [1.165, 1.54) is 0 Å². The van der Waals surface area contributed by atoms with Crippen molar-refractivity contribution in [2.45, 2.75) is 43.5 Å². The predicted molar refractivity (Wildman–Crippen MR) is 91.4 cm³/mol. The van der Waals surface area contributed by atoms with Crippen LogP contribution in [0.5, 0.6) is 0 Å². The second-order valence-electron chi connectivity index (χ2n) is 6.50. The van der Waals surface area contributed by atoms with Crippen molar-refractivity contribution in [3.8, 4) is 0 Å². The summed E-state index contributed by atoms with van der Waals surface area (Å²) < 4.78 is 30.5. The molecule has 0 bridgehead atoms. The van der Waals surface area contributed by atoms with Crippen LogP contribution in [-0.2, 0) is 21.9 Å². The van der Waals surface area contributed by atoms with Crippen LogP contribution in [0.25, 0.3) is 10.9 Å². The molecular weight excluding hydrogens is 328 g/mol. The van der Waals surface area contributed by atoms with Gasteiger partial charge in [0.05, 0.1) is 5.92 Å². The van der Waals surface area contributed by atoms with E-state index in [1.807, 2.05) is 35.9 Å². The highest BCUT2D eigenvalue weighted by atomic mass is 32.2. The number of nitrogens with zero attached hydrogens (tertiary/aromatic N) is 1. The second kappa shape index (κ2) is 6.22. The molecule has 1 aliphatic carbocycles. The molecule has 1 aromatic heterocycles. The van der Waals surface area contributed by atoms with Crippen molar-refractivity contribution in [3.05, 3.63) is 30.0 Å². The number of hydrogen-bond donors (Lipinski definition) is 2. The lowest BCUT2D eigenvalue weighted by atomic mass is 9.87. The maximum absolute atomic E-state index is 12.9. The van der Waals surface area contributed by atoms with Gasteiger partial charge in [-0.15, -0.1) is 0 Å². The van der Waals surface area contributed by atoms with Gasteiger partial charge in [0.25, 0.3) is 0 Å². The summed E-state index contributed by atoms with van der Waals surface area (Å²) in [6, 6.07) is 7.24. The van der Waals surface area contributed by atoms with Crippen molar-refractivity contribution in [1.29, 1.82) is 0 Å². The third kappa shape index (κ3) is 2.93. The molecule has 130 valence electrons. The number of carboxylic acid groups (broad SMARTS) is 1. The average molecular weight is 350 g/mol. The Balaban J connectivity index is 1.87. The van der Waals surface area contributed by atoms with E-state index in [-0.39, 0.29) is 12.0 Å². The van der Waals surface area contributed by atoms with Crippen LogP contribution in [0.2, 0.25) is 0 Å². The van der Waals surface area contributed by atoms with Crippen molar-refractivity contribution in [1.82, 2.24) is 9.29 Å². The number of hydrogen-bond acceptors (Lipinski definition) is 3. The Morgan fingerprint density at radius 1 is 1.21 bits per heavy atom. The Kier molecular flexibility index (Phi) is 4.40. The zero-order valence-electron chi connectivity index (χ0n) is 13.8. The number of sulfonamides is 1. The number of aryl methyl sites for hydroxylation is 1. The average Bonchev–Trinajstić information content (AvgIpc) is 2.80. The largest absolute Gasteiger partial charge is 0.481 e. The zero-order valence-corrected chi connectivity index (χ0v) is 14.6. The maximum atomic E-state index is 12.9. The van der Waals surface area contributed by atoms with E-state index in [0.717, 1.165) is 5.52 Å². The van der Waals surface area contributed by atoms with Crippen LogP contribution in [0.15, 0.2) is 29.2 Å². The molecule has 1 aromatic carbocycles. The summed E-state index contributed by atoms with van der Waals surface area (Å²) in [6.07, 6.45) is 2.13. The molecule has 0 unspecified atom stereocenters. The molecule has 0 radical (unpaired) electrons. The molecule has 24 heavy (non-hydrogen) atoms. The van der Waals surface area contributed by atoms with E-state index < -0.39 is 16.0 Å². The molecule has 0 atom stereocenters. The van der Waals surface area contributed by atoms with E-state index in [2.05, 4.69) is 4.72 Å². The molecule has 1 saturated carbocycles. The van der Waals surface area contributed by atoms with Gasteiger partial charge in [0.2, 0.25) is 10.0 Å². The fourth-order valence-corrected chi connectivity index (χ4v) is 5.34. The molecule has 0 spiro atoms. The summed E-state index contributed by atoms with van der Waals surface area (Å²) in [7, 11) is -1.80. The van der Waals surface area contributed by atoms with Crippen molar-refractivity contribution < 1.29 is 18.3 Å². The fraction of sp³-hybridized carbons (Fsp3) is 0.471. The Morgan fingerprint density at radius 3 is 2.46 bits per heavy atom. The van der Waals surface area contributed by atoms with Crippen molar-refractivity contribution >= 4 is 26.9 Å². The van der Waals surface area contributed by atoms with Crippen LogP contribution in [0.3, 0.4) is 0 Å². The van der Waals surface area contributed by atoms with Crippen molar-refractivity contribution in [2.24, 2.45) is 13.0 Å². The lowest BCUT2D eigenvalue weighted by Gasteiger charge is -2.26. The van der Waals surface area contributed by atoms with Gasteiger partial charge in [-0.05, 0) is 38.7 Å². The van der Waals surface area contributed by atoms with Gasteiger partial charge in [-0.1, -0.05) is 18.2 Å². The first kappa shape index (κ1) is 17.0. The summed E-state index contributed by atoms with van der Waals surface area (Å²) in [5, 5.41) is 9.76. The van der Waals surface area contributed by atoms with Gasteiger partial charge in [-0.25, -0.2) is 13.1 Å². The number of fused-ring (bicyclic) bond motifs is 1. The zero-order chi connectivity index (χ0) is 17.5. The van der Waals surface area contributed by atoms with Gasteiger partial charge in [0.1, 0.15) is 4.90 Å². The van der Waals surface area contributed by atoms with Crippen LogP contribution in [0.1, 0.15) is 31.4 Å². The van der Waals surface area contributed by atoms with E-state index in [4.69, 9.17) is 5.11 Å². The normalized spacial score (nSPS) is 21.9. The first-order valence-electron chi connectivity index (χ1n) is 8.10. The number of aromatic nitrogens is 1. The minimum atomic E-state index is -3.65. The molecule has 6 nitrogen and oxygen atoms in total. The minimum Gasteiger partial charge on any atom is -0.481 e. The van der Waals surface area contributed by atoms with E-state index >= 15 is 0 Å². The van der Waals surface area contributed by atoms with Crippen LogP contribution < -0.4 is 4.72 Å². The van der Waals surface area contributed by atoms with Gasteiger partial charge < -0.3 is 9.67 Å². The number of benzene rings is 1. The standard InChI is InChI=1S/C17H22N2O4S/c1-11-16(14-5-3-4-6-15(14)19(11)2)24(22,23)18-13-9-7-12(8-10-13)17(20)21/h3-6,12-13,18H,7-10H2,1-2H3,(H,20,21). The van der Waals surface area contributed by atoms with Crippen LogP contribution >= 0.6 is 0 Å². The minimum absolute atomic E-state index is 0.205. The van der Waals surface area contributed by atoms with Gasteiger partial charge >= 0.3 is 5.97 Å². The smallest absolute Gasteiger partial charge is 0.306 e. The highest BCUT2D eigenvalue weighted by molar-refractivity contribution is 7.89. The third-order valence-corrected chi connectivity index (χ3v) is 6.71. The van der Waals surface area contributed by atoms with Gasteiger partial charge in [-0.2, -0.15) is 0 Å². The van der Waals surface area contributed by atoms with Crippen molar-refractivity contribution in [3.63, 3.8) is 0 Å². The van der Waals surface area contributed by atoms with Gasteiger partial charge in [0, 0.05) is 29.7 Å². The molecule has 0 saturated heterocycles. The van der Waals surface area contributed by atoms with Crippen molar-refractivity contribution in [2.75, 3.05) is 0 Å². The van der Waals surface area contributed by atoms with E-state index in [1.54, 1.807) is 6.92 Å². The Morgan fingerprint density at radius 2 is 1.83 bits per heavy atom. The van der Waals surface area contributed by atoms with Crippen LogP contribution in [0, 0.1) is 12.8 Å². The summed E-state index contributed by atoms with van der Waals surface area (Å²) in [5.74, 6) is -1.15. The summed E-state index contributed by atoms with van der Waals surface area (Å²) >= 11 is 0. The second-order valence-corrected chi connectivity index (χ2v) is 8.15. The summed E-state index contributed by atoms with van der Waals surface area (Å²) in [6.45, 7) is 1.80. The molecule has 0 amide bonds. The molecule has 1 heterocycles. The number of carboxylic acids is 1. The molecule has 2 N–H and O–H groups in total. The molecule has 7 heteroatoms. The van der Waals surface area contributed by atoms with E-state index in [9.17, 15) is 13.2 Å². The SMILES string of the molecule is Cc1c(S(=O)(=O)NC2CCC(C(=O)O)CC2)c2ccccc2n1C. The summed E-state index contributed by atoms with van der Waals surface area (Å²) in [5.41, 5.74) is 1.58. The maximum Gasteiger partial charge on any atom is 0.306 e. The van der Waals surface area contributed by atoms with Crippen LogP contribution in [-0.4, -0.2) is 30.1 Å². The number of rotatable bonds is 4. The lowest BCUT2D eigenvalue weighted by molar-refractivity contribution is -0.142. The Bertz CT molecular complexity index is 877. The molecule has 1 fully saturated rings. The highest BCUT2D eigenvalue weighted by Crippen LogP contribution is 2.30. The van der Waals surface area contributed by atoms with Crippen LogP contribution in [0.4, 0.5) is 0 Å². The number of aliphatic carboxylic acids is 1. The first-order chi connectivity index (χ1) is 11.3. The molecule has 2 aromatic rings. The third-order valence-electron chi connectivity index (χ3n) is 5.01. The quantitative estimate of drug-likeness (QED) is 0.886. The Labute approximate surface area is 141 Å². The van der Waals surface area contributed by atoms with Gasteiger partial charge in [0.15, 0.2) is 0 Å². The number of carbonyl (C=O) groups is 1. The summed E-state index contributed by atoms with van der Waals surface area (Å²) in [4.78, 5) is 11.3. The molecule has 3 rings (SSSR count). The fourth-order valence-electron chi connectivity index (χ4n) is 3.56. The Hall–Kier alpha value is -1.86. The highest BCUT2D eigenvalue weighted by Gasteiger charge is 2.31. The predicted octanol–water partition coefficient (Wildman–Crippen LogP) is 2.41. The molecule has 0 aliphatic heterocycles. The monoisotopic (exact) mass is 350 g/mol. The lowest BCUT2D eigenvalue weighted by Crippen LogP contribution is -2.38. The molecular formula is C17H22N2O4S. The molecule has 1 aliphatic rings. The van der Waals surface area contributed by atoms with Gasteiger partial charge in [-0.3, -0.25) is 4.79 Å². The number of nitrogens with one attached hydrogen (secondary N) is 1. The van der Waals surface area contributed by atoms with E-state index in [0.29, 0.717) is 41.7 Å². The number of para-hydroxylation sites is 1.